The van der Waals surface area contributed by atoms with Gasteiger partial charge in [-0.3, -0.25) is 0 Å². The van der Waals surface area contributed by atoms with E-state index < -0.39 is 0 Å². The Morgan fingerprint density at radius 3 is 2.77 bits per heavy atom. The smallest absolute Gasteiger partial charge is 0.211 e. The predicted octanol–water partition coefficient (Wildman–Crippen LogP) is 2.18. The molecule has 1 aromatic carbocycles. The van der Waals surface area contributed by atoms with Crippen molar-refractivity contribution in [1.82, 2.24) is 0 Å². The maximum absolute atomic E-state index is 9.84. The third kappa shape index (κ3) is 2.85. The Hall–Kier alpha value is -1.40. The molecule has 0 fully saturated rings. The molecule has 0 saturated carbocycles. The fraction of sp³-hybridized carbons (Fsp3) is 0.364. The fourth-order valence-corrected chi connectivity index (χ4v) is 1.35. The van der Waals surface area contributed by atoms with Gasteiger partial charge in [0.25, 0.3) is 0 Å². The molecule has 0 atom stereocenters. The van der Waals surface area contributed by atoms with Crippen molar-refractivity contribution in [1.29, 1.82) is 0 Å². The van der Waals surface area contributed by atoms with Crippen LogP contribution in [-0.2, 0) is 11.2 Å². The maximum atomic E-state index is 9.84. The molecule has 0 amide bonds. The molecule has 2 nitrogen and oxygen atoms in total. The van der Waals surface area contributed by atoms with Crippen LogP contribution >= 0.6 is 0 Å². The van der Waals surface area contributed by atoms with Crippen molar-refractivity contribution in [2.45, 2.75) is 20.3 Å². The Morgan fingerprint density at radius 2 is 2.15 bits per heavy atom. The molecule has 0 aliphatic carbocycles. The van der Waals surface area contributed by atoms with Crippen molar-refractivity contribution in [3.8, 4) is 0 Å². The monoisotopic (exact) mass is 175 g/mol. The van der Waals surface area contributed by atoms with E-state index in [-0.39, 0.29) is 0 Å². The number of aliphatic imine (C=N–C) groups is 1. The highest BCUT2D eigenvalue weighted by Crippen LogP contribution is 2.10. The van der Waals surface area contributed by atoms with Gasteiger partial charge in [0.15, 0.2) is 0 Å². The molecule has 0 aliphatic rings. The van der Waals surface area contributed by atoms with Crippen molar-refractivity contribution < 1.29 is 4.79 Å². The second-order valence-electron chi connectivity index (χ2n) is 3.15. The lowest BCUT2D eigenvalue weighted by molar-refractivity contribution is 0.563. The lowest BCUT2D eigenvalue weighted by atomic mass is 10.0. The lowest BCUT2D eigenvalue weighted by Gasteiger charge is -2.03. The molecule has 68 valence electrons. The first kappa shape index (κ1) is 9.69. The van der Waals surface area contributed by atoms with Crippen molar-refractivity contribution >= 4 is 6.08 Å². The van der Waals surface area contributed by atoms with E-state index in [0.29, 0.717) is 6.54 Å². The average Bonchev–Trinajstić information content (AvgIpc) is 2.09. The molecule has 0 unspecified atom stereocenters. The van der Waals surface area contributed by atoms with Crippen LogP contribution in [-0.4, -0.2) is 12.6 Å². The first-order valence-corrected chi connectivity index (χ1v) is 4.34. The topological polar surface area (TPSA) is 29.4 Å². The Kier molecular flexibility index (Phi) is 3.41. The summed E-state index contributed by atoms with van der Waals surface area (Å²) < 4.78 is 0. The van der Waals surface area contributed by atoms with Gasteiger partial charge in [-0.2, -0.15) is 0 Å². The molecule has 0 aliphatic heterocycles. The van der Waals surface area contributed by atoms with Crippen LogP contribution < -0.4 is 0 Å². The van der Waals surface area contributed by atoms with E-state index in [9.17, 15) is 4.79 Å². The number of carbonyl (C=O) groups excluding carboxylic acids is 1. The van der Waals surface area contributed by atoms with Gasteiger partial charge >= 0.3 is 0 Å². The van der Waals surface area contributed by atoms with Crippen LogP contribution in [0.5, 0.6) is 0 Å². The summed E-state index contributed by atoms with van der Waals surface area (Å²) in [5.41, 5.74) is 3.78. The Morgan fingerprint density at radius 1 is 1.38 bits per heavy atom. The zero-order valence-corrected chi connectivity index (χ0v) is 8.00. The molecule has 13 heavy (non-hydrogen) atoms. The zero-order valence-electron chi connectivity index (χ0n) is 8.00. The molecule has 0 heterocycles. The normalized spacial score (nSPS) is 9.38. The molecular formula is C11H13NO. The van der Waals surface area contributed by atoms with E-state index in [2.05, 4.69) is 37.0 Å². The number of benzene rings is 1. The fourth-order valence-electron chi connectivity index (χ4n) is 1.35. The van der Waals surface area contributed by atoms with Crippen LogP contribution in [0.1, 0.15) is 16.7 Å². The van der Waals surface area contributed by atoms with Crippen molar-refractivity contribution in [3.05, 3.63) is 34.9 Å². The summed E-state index contributed by atoms with van der Waals surface area (Å²) in [6.45, 7) is 4.68. The SMILES string of the molecule is Cc1ccc(CCN=C=O)c(C)c1. The zero-order chi connectivity index (χ0) is 9.68. The Bertz CT molecular complexity index is 338. The minimum Gasteiger partial charge on any atom is -0.211 e. The van der Waals surface area contributed by atoms with Gasteiger partial charge in [0, 0.05) is 0 Å². The van der Waals surface area contributed by atoms with E-state index in [1.807, 2.05) is 0 Å². The van der Waals surface area contributed by atoms with E-state index in [1.54, 1.807) is 6.08 Å². The standard InChI is InChI=1S/C11H13NO/c1-9-3-4-11(10(2)7-9)5-6-12-8-13/h3-4,7H,5-6H2,1-2H3. The van der Waals surface area contributed by atoms with Crippen LogP contribution in [0.15, 0.2) is 23.2 Å². The first-order valence-electron chi connectivity index (χ1n) is 4.34. The van der Waals surface area contributed by atoms with Crippen LogP contribution in [0.25, 0.3) is 0 Å². The number of nitrogens with zero attached hydrogens (tertiary/aromatic N) is 1. The van der Waals surface area contributed by atoms with Crippen molar-refractivity contribution in [3.63, 3.8) is 0 Å². The van der Waals surface area contributed by atoms with Crippen LogP contribution in [0.3, 0.4) is 0 Å². The first-order chi connectivity index (χ1) is 6.24. The quantitative estimate of drug-likeness (QED) is 0.511. The molecule has 0 radical (unpaired) electrons. The van der Waals surface area contributed by atoms with Gasteiger partial charge in [0.2, 0.25) is 6.08 Å². The minimum atomic E-state index is 0.535. The summed E-state index contributed by atoms with van der Waals surface area (Å²) in [5, 5.41) is 0. The molecule has 2 heteroatoms. The molecule has 0 saturated heterocycles. The van der Waals surface area contributed by atoms with Gasteiger partial charge in [-0.25, -0.2) is 9.79 Å². The van der Waals surface area contributed by atoms with E-state index >= 15 is 0 Å². The Balaban J connectivity index is 2.71. The number of hydrogen-bond donors (Lipinski definition) is 0. The van der Waals surface area contributed by atoms with Gasteiger partial charge in [0.1, 0.15) is 0 Å². The highest BCUT2D eigenvalue weighted by atomic mass is 16.1. The number of aryl methyl sites for hydroxylation is 2. The van der Waals surface area contributed by atoms with Crippen LogP contribution in [0.4, 0.5) is 0 Å². The van der Waals surface area contributed by atoms with Gasteiger partial charge in [-0.1, -0.05) is 23.8 Å². The van der Waals surface area contributed by atoms with Crippen molar-refractivity contribution in [2.75, 3.05) is 6.54 Å². The van der Waals surface area contributed by atoms with Gasteiger partial charge in [0.05, 0.1) is 6.54 Å². The third-order valence-electron chi connectivity index (χ3n) is 2.06. The molecule has 0 spiro atoms. The number of isocyanates is 1. The molecule has 0 N–H and O–H groups in total. The van der Waals surface area contributed by atoms with Crippen molar-refractivity contribution in [2.24, 2.45) is 4.99 Å². The largest absolute Gasteiger partial charge is 0.234 e. The van der Waals surface area contributed by atoms with Gasteiger partial charge in [-0.05, 0) is 31.4 Å². The van der Waals surface area contributed by atoms with E-state index in [4.69, 9.17) is 0 Å². The summed E-state index contributed by atoms with van der Waals surface area (Å²) in [6.07, 6.45) is 2.36. The predicted molar refractivity (Wildman–Crippen MR) is 52.6 cm³/mol. The molecular weight excluding hydrogens is 162 g/mol. The van der Waals surface area contributed by atoms with Crippen LogP contribution in [0, 0.1) is 13.8 Å². The van der Waals surface area contributed by atoms with E-state index in [0.717, 1.165) is 6.42 Å². The second kappa shape index (κ2) is 4.58. The molecule has 0 aromatic heterocycles. The third-order valence-corrected chi connectivity index (χ3v) is 2.06. The lowest BCUT2D eigenvalue weighted by Crippen LogP contribution is -1.93. The second-order valence-corrected chi connectivity index (χ2v) is 3.15. The summed E-state index contributed by atoms with van der Waals surface area (Å²) in [5.74, 6) is 0. The highest BCUT2D eigenvalue weighted by Gasteiger charge is 1.96. The summed E-state index contributed by atoms with van der Waals surface area (Å²) >= 11 is 0. The molecule has 1 aromatic rings. The summed E-state index contributed by atoms with van der Waals surface area (Å²) in [7, 11) is 0. The highest BCUT2D eigenvalue weighted by molar-refractivity contribution is 5.34. The average molecular weight is 175 g/mol. The number of hydrogen-bond acceptors (Lipinski definition) is 2. The summed E-state index contributed by atoms with van der Waals surface area (Å²) in [4.78, 5) is 13.4. The molecule has 1 rings (SSSR count). The number of rotatable bonds is 3. The van der Waals surface area contributed by atoms with Gasteiger partial charge in [-0.15, -0.1) is 0 Å². The minimum absolute atomic E-state index is 0.535. The van der Waals surface area contributed by atoms with Crippen LogP contribution in [0.2, 0.25) is 0 Å². The molecule has 0 bridgehead atoms. The van der Waals surface area contributed by atoms with E-state index in [1.165, 1.54) is 16.7 Å². The maximum Gasteiger partial charge on any atom is 0.234 e. The van der Waals surface area contributed by atoms with Gasteiger partial charge < -0.3 is 0 Å². The Labute approximate surface area is 78.3 Å². The summed E-state index contributed by atoms with van der Waals surface area (Å²) in [6, 6.07) is 6.30.